The van der Waals surface area contributed by atoms with Gasteiger partial charge in [-0.2, -0.15) is 0 Å². The van der Waals surface area contributed by atoms with Crippen molar-refractivity contribution in [2.24, 2.45) is 11.8 Å². The third kappa shape index (κ3) is 2.15. The standard InChI is InChI=1S/C16H26N2O4/c1-4-5-8-18-12-7-6-10(15(18)20)11-9-16(21-2,22-3)13(12)14(19)17-11/h10-13H,4-9H2,1-3H3,(H,17,19)/t10-,11-,12+,13-/m0/s1. The summed E-state index contributed by atoms with van der Waals surface area (Å²) in [6.07, 6.45) is 4.23. The summed E-state index contributed by atoms with van der Waals surface area (Å²) in [5.74, 6) is -1.37. The predicted molar refractivity (Wildman–Crippen MR) is 79.9 cm³/mol. The number of methoxy groups -OCH3 is 2. The Morgan fingerprint density at radius 3 is 2.64 bits per heavy atom. The maximum Gasteiger partial charge on any atom is 0.230 e. The van der Waals surface area contributed by atoms with Crippen molar-refractivity contribution in [3.05, 3.63) is 0 Å². The summed E-state index contributed by atoms with van der Waals surface area (Å²) in [5, 5.41) is 3.03. The number of hydrogen-bond donors (Lipinski definition) is 1. The van der Waals surface area contributed by atoms with Gasteiger partial charge in [-0.05, 0) is 19.3 Å². The molecule has 124 valence electrons. The molecule has 1 saturated carbocycles. The molecular weight excluding hydrogens is 284 g/mol. The lowest BCUT2D eigenvalue weighted by molar-refractivity contribution is -0.270. The first-order valence-corrected chi connectivity index (χ1v) is 8.29. The maximum absolute atomic E-state index is 12.8. The molecule has 0 aromatic carbocycles. The van der Waals surface area contributed by atoms with E-state index in [4.69, 9.17) is 9.47 Å². The molecule has 6 nitrogen and oxygen atoms in total. The van der Waals surface area contributed by atoms with E-state index in [1.807, 2.05) is 4.90 Å². The normalized spacial score (nSPS) is 36.2. The lowest BCUT2D eigenvalue weighted by Gasteiger charge is -2.56. The van der Waals surface area contributed by atoms with Crippen LogP contribution in [0, 0.1) is 11.8 Å². The van der Waals surface area contributed by atoms with Crippen LogP contribution in [0.4, 0.5) is 0 Å². The number of nitrogens with zero attached hydrogens (tertiary/aromatic N) is 1. The summed E-state index contributed by atoms with van der Waals surface area (Å²) in [6, 6.07) is -0.321. The molecule has 4 bridgehead atoms. The van der Waals surface area contributed by atoms with Crippen LogP contribution in [0.5, 0.6) is 0 Å². The Labute approximate surface area is 131 Å². The van der Waals surface area contributed by atoms with Crippen molar-refractivity contribution < 1.29 is 19.1 Å². The number of nitrogens with one attached hydrogen (secondary N) is 1. The Bertz CT molecular complexity index is 463. The summed E-state index contributed by atoms with van der Waals surface area (Å²) < 4.78 is 11.4. The van der Waals surface area contributed by atoms with Crippen molar-refractivity contribution in [3.63, 3.8) is 0 Å². The Morgan fingerprint density at radius 1 is 1.27 bits per heavy atom. The van der Waals surface area contributed by atoms with Crippen LogP contribution in [0.1, 0.15) is 39.0 Å². The molecule has 6 heteroatoms. The number of amides is 2. The molecule has 6 aliphatic rings. The zero-order valence-corrected chi connectivity index (χ0v) is 13.6. The van der Waals surface area contributed by atoms with Crippen molar-refractivity contribution in [2.45, 2.75) is 56.9 Å². The number of rotatable bonds is 5. The number of piperidine rings is 2. The van der Waals surface area contributed by atoms with Crippen LogP contribution in [-0.2, 0) is 19.1 Å². The summed E-state index contributed by atoms with van der Waals surface area (Å²) in [6.45, 7) is 2.83. The van der Waals surface area contributed by atoms with Crippen LogP contribution in [0.2, 0.25) is 0 Å². The smallest absolute Gasteiger partial charge is 0.230 e. The lowest BCUT2D eigenvalue weighted by atomic mass is 9.68. The Balaban J connectivity index is 2.02. The molecule has 1 aliphatic carbocycles. The van der Waals surface area contributed by atoms with Gasteiger partial charge < -0.3 is 19.7 Å². The van der Waals surface area contributed by atoms with Crippen molar-refractivity contribution in [1.29, 1.82) is 0 Å². The van der Waals surface area contributed by atoms with E-state index in [0.717, 1.165) is 32.2 Å². The van der Waals surface area contributed by atoms with Gasteiger partial charge in [0.1, 0.15) is 5.92 Å². The van der Waals surface area contributed by atoms with Crippen LogP contribution in [0.15, 0.2) is 0 Å². The van der Waals surface area contributed by atoms with Crippen LogP contribution >= 0.6 is 0 Å². The minimum absolute atomic E-state index is 0.0383. The number of carbonyl (C=O) groups is 2. The third-order valence-corrected chi connectivity index (χ3v) is 5.68. The number of unbranched alkanes of at least 4 members (excludes halogenated alkanes) is 1. The Kier molecular flexibility index (Phi) is 4.16. The minimum Gasteiger partial charge on any atom is -0.352 e. The molecule has 22 heavy (non-hydrogen) atoms. The van der Waals surface area contributed by atoms with Crippen molar-refractivity contribution in [3.8, 4) is 0 Å². The zero-order chi connectivity index (χ0) is 15.9. The van der Waals surface area contributed by atoms with E-state index >= 15 is 0 Å². The first-order chi connectivity index (χ1) is 10.6. The van der Waals surface area contributed by atoms with E-state index in [9.17, 15) is 9.59 Å². The number of hydrogen-bond acceptors (Lipinski definition) is 4. The highest BCUT2D eigenvalue weighted by Crippen LogP contribution is 2.46. The fourth-order valence-electron chi connectivity index (χ4n) is 4.50. The summed E-state index contributed by atoms with van der Waals surface area (Å²) in [7, 11) is 3.19. The highest BCUT2D eigenvalue weighted by molar-refractivity contribution is 5.88. The van der Waals surface area contributed by atoms with Gasteiger partial charge in [0.25, 0.3) is 0 Å². The van der Waals surface area contributed by atoms with Gasteiger partial charge in [0, 0.05) is 39.3 Å². The van der Waals surface area contributed by atoms with Gasteiger partial charge in [0.05, 0.1) is 5.92 Å². The van der Waals surface area contributed by atoms with Crippen molar-refractivity contribution in [2.75, 3.05) is 20.8 Å². The highest BCUT2D eigenvalue weighted by Gasteiger charge is 2.61. The second-order valence-electron chi connectivity index (χ2n) is 6.65. The molecule has 5 saturated heterocycles. The fourth-order valence-corrected chi connectivity index (χ4v) is 4.50. The largest absolute Gasteiger partial charge is 0.352 e. The quantitative estimate of drug-likeness (QED) is 0.766. The van der Waals surface area contributed by atoms with Crippen LogP contribution in [0.3, 0.4) is 0 Å². The second kappa shape index (κ2) is 5.81. The Hall–Kier alpha value is -1.14. The van der Waals surface area contributed by atoms with Gasteiger partial charge in [0.15, 0.2) is 5.79 Å². The summed E-state index contributed by atoms with van der Waals surface area (Å²) in [5.41, 5.74) is 0. The molecule has 5 aliphatic heterocycles. The van der Waals surface area contributed by atoms with Gasteiger partial charge in [-0.3, -0.25) is 9.59 Å². The van der Waals surface area contributed by atoms with Crippen LogP contribution in [-0.4, -0.2) is 55.3 Å². The maximum atomic E-state index is 12.8. The van der Waals surface area contributed by atoms with E-state index in [-0.39, 0.29) is 29.8 Å². The molecule has 0 radical (unpaired) electrons. The van der Waals surface area contributed by atoms with Gasteiger partial charge in [-0.15, -0.1) is 0 Å². The summed E-state index contributed by atoms with van der Waals surface area (Å²) in [4.78, 5) is 27.4. The lowest BCUT2D eigenvalue weighted by Crippen LogP contribution is -2.73. The van der Waals surface area contributed by atoms with Crippen LogP contribution < -0.4 is 5.32 Å². The molecule has 5 heterocycles. The average Bonchev–Trinajstić information content (AvgIpc) is 2.50. The molecule has 2 amide bonds. The van der Waals surface area contributed by atoms with Gasteiger partial charge in [-0.1, -0.05) is 13.3 Å². The molecule has 0 unspecified atom stereocenters. The minimum atomic E-state index is -0.915. The van der Waals surface area contributed by atoms with E-state index in [2.05, 4.69) is 12.2 Å². The van der Waals surface area contributed by atoms with Crippen molar-refractivity contribution in [1.82, 2.24) is 10.2 Å². The molecule has 4 atom stereocenters. The van der Waals surface area contributed by atoms with E-state index in [1.165, 1.54) is 0 Å². The molecule has 6 fully saturated rings. The highest BCUT2D eigenvalue weighted by atomic mass is 16.7. The van der Waals surface area contributed by atoms with E-state index < -0.39 is 11.7 Å². The SMILES string of the molecule is CCCCN1C(=O)[C@H]2CC[C@@H]1[C@H]1C(=O)N[C@H]2CC1(OC)OC. The van der Waals surface area contributed by atoms with Gasteiger partial charge in [-0.25, -0.2) is 0 Å². The first-order valence-electron chi connectivity index (χ1n) is 8.29. The monoisotopic (exact) mass is 310 g/mol. The van der Waals surface area contributed by atoms with Gasteiger partial charge in [0.2, 0.25) is 11.8 Å². The predicted octanol–water partition coefficient (Wildman–Crippen LogP) is 0.901. The molecule has 0 aromatic heterocycles. The molecule has 0 spiro atoms. The van der Waals surface area contributed by atoms with Crippen molar-refractivity contribution >= 4 is 11.8 Å². The Morgan fingerprint density at radius 2 is 2.00 bits per heavy atom. The molecule has 0 aromatic rings. The number of carbonyl (C=O) groups excluding carboxylic acids is 2. The molecule has 1 N–H and O–H groups in total. The first kappa shape index (κ1) is 15.7. The molecule has 6 rings (SSSR count). The third-order valence-electron chi connectivity index (χ3n) is 5.68. The second-order valence-corrected chi connectivity index (χ2v) is 6.65. The fraction of sp³-hybridized carbons (Fsp3) is 0.875. The zero-order valence-electron chi connectivity index (χ0n) is 13.6. The molecular formula is C16H26N2O4. The van der Waals surface area contributed by atoms with Gasteiger partial charge >= 0.3 is 0 Å². The number of ether oxygens (including phenoxy) is 2. The summed E-state index contributed by atoms with van der Waals surface area (Å²) >= 11 is 0. The van der Waals surface area contributed by atoms with Crippen LogP contribution in [0.25, 0.3) is 0 Å². The van der Waals surface area contributed by atoms with E-state index in [0.29, 0.717) is 6.42 Å². The van der Waals surface area contributed by atoms with E-state index in [1.54, 1.807) is 14.2 Å². The average molecular weight is 310 g/mol. The topological polar surface area (TPSA) is 67.9 Å².